The van der Waals surface area contributed by atoms with Crippen molar-refractivity contribution in [3.05, 3.63) is 118 Å². The van der Waals surface area contributed by atoms with Crippen molar-refractivity contribution < 1.29 is 18.8 Å². The zero-order chi connectivity index (χ0) is 38.2. The molecule has 0 radical (unpaired) electrons. The van der Waals surface area contributed by atoms with E-state index in [2.05, 4.69) is 59.5 Å². The van der Waals surface area contributed by atoms with E-state index in [1.807, 2.05) is 62.8 Å². The van der Waals surface area contributed by atoms with Crippen LogP contribution in [0.1, 0.15) is 59.8 Å². The lowest BCUT2D eigenvalue weighted by Crippen LogP contribution is -2.64. The Balaban J connectivity index is 0.900. The Kier molecular flexibility index (Phi) is 7.83. The molecule has 1 aliphatic carbocycles. The van der Waals surface area contributed by atoms with Crippen LogP contribution in [-0.4, -0.2) is 43.4 Å². The van der Waals surface area contributed by atoms with Crippen molar-refractivity contribution in [2.45, 2.75) is 38.0 Å². The van der Waals surface area contributed by atoms with Gasteiger partial charge in [-0.1, -0.05) is 43.9 Å². The van der Waals surface area contributed by atoms with Gasteiger partial charge in [-0.05, 0) is 89.4 Å². The summed E-state index contributed by atoms with van der Waals surface area (Å²) in [7, 11) is 3.63. The number of nitrogens with one attached hydrogen (secondary N) is 2. The smallest absolute Gasteiger partial charge is 0.328 e. The minimum Gasteiger partial charge on any atom is -0.464 e. The van der Waals surface area contributed by atoms with E-state index in [1.165, 1.54) is 0 Å². The second-order valence-corrected chi connectivity index (χ2v) is 14.9. The van der Waals surface area contributed by atoms with E-state index in [9.17, 15) is 19.2 Å². The van der Waals surface area contributed by atoms with Crippen molar-refractivity contribution in [1.82, 2.24) is 29.7 Å². The lowest BCUT2D eigenvalue weighted by atomic mass is 9.55. The quantitative estimate of drug-likeness (QED) is 0.156. The number of amides is 3. The summed E-state index contributed by atoms with van der Waals surface area (Å²) in [6.45, 7) is 4.38. The largest absolute Gasteiger partial charge is 0.464 e. The molecule has 0 unspecified atom stereocenters. The number of hydrogen-bond acceptors (Lipinski definition) is 7. The molecule has 0 spiro atoms. The Morgan fingerprint density at radius 2 is 1.80 bits per heavy atom. The molecule has 7 aromatic rings. The molecule has 6 heterocycles. The molecular formula is C44H36N6O5. The molecule has 0 atom stereocenters. The normalized spacial score (nSPS) is 17.7. The molecule has 3 aliphatic rings. The number of furan rings is 1. The number of carbonyl (C=O) groups is 3. The minimum atomic E-state index is -0.749. The Morgan fingerprint density at radius 3 is 2.56 bits per heavy atom. The van der Waals surface area contributed by atoms with Crippen LogP contribution in [0.3, 0.4) is 0 Å². The van der Waals surface area contributed by atoms with Crippen molar-refractivity contribution in [3.63, 3.8) is 0 Å². The maximum atomic E-state index is 12.9. The van der Waals surface area contributed by atoms with Gasteiger partial charge in [0.2, 0.25) is 11.8 Å². The first kappa shape index (κ1) is 34.0. The van der Waals surface area contributed by atoms with Crippen molar-refractivity contribution in [2.24, 2.45) is 20.0 Å². The van der Waals surface area contributed by atoms with E-state index >= 15 is 0 Å². The molecule has 3 amide bonds. The summed E-state index contributed by atoms with van der Waals surface area (Å²) in [5, 5.41) is 8.08. The third kappa shape index (κ3) is 5.44. The molecular weight excluding hydrogens is 693 g/mol. The van der Waals surface area contributed by atoms with Gasteiger partial charge in [-0.2, -0.15) is 0 Å². The summed E-state index contributed by atoms with van der Waals surface area (Å²) < 4.78 is 9.16. The number of nitrogens with zero attached hydrogens (tertiary/aromatic N) is 4. The van der Waals surface area contributed by atoms with E-state index in [4.69, 9.17) is 9.40 Å². The van der Waals surface area contributed by atoms with Crippen LogP contribution in [0.4, 0.5) is 0 Å². The molecule has 2 saturated heterocycles. The Hall–Kier alpha value is -6.80. The van der Waals surface area contributed by atoms with E-state index in [0.29, 0.717) is 24.0 Å². The zero-order valence-electron chi connectivity index (χ0n) is 30.7. The van der Waals surface area contributed by atoms with Crippen LogP contribution < -0.4 is 16.3 Å². The van der Waals surface area contributed by atoms with Gasteiger partial charge in [0.05, 0.1) is 35.0 Å². The average Bonchev–Trinajstić information content (AvgIpc) is 3.69. The monoisotopic (exact) mass is 728 g/mol. The number of pyridine rings is 2. The standard InChI is InChI=1S/C44H36N6O5/c1-24(2)31-16-28(18-37-39(31)50(4)43(54)49(37)3)30-9-5-8-26-17-36(47-22-33(26)30)27-11-12-35(46-21-27)41(52)45-14-6-7-25-10-13-38-32(15-25)34(23-55-38)44-19-29(20-44)40(51)48-42(44)53/h5,8-13,15-18,21-24,29H,14,19-20H2,1-4H3,(H,45,52)(H,48,51,53). The molecule has 3 fully saturated rings. The number of rotatable bonds is 6. The third-order valence-corrected chi connectivity index (χ3v) is 11.3. The number of aromatic nitrogens is 4. The molecule has 10 rings (SSSR count). The van der Waals surface area contributed by atoms with Crippen LogP contribution in [0, 0.1) is 17.8 Å². The van der Waals surface area contributed by atoms with Crippen molar-refractivity contribution >= 4 is 50.5 Å². The highest BCUT2D eigenvalue weighted by Gasteiger charge is 2.59. The molecule has 2 bridgehead atoms. The van der Waals surface area contributed by atoms with Crippen LogP contribution in [0.2, 0.25) is 0 Å². The first-order chi connectivity index (χ1) is 26.5. The zero-order valence-corrected chi connectivity index (χ0v) is 30.7. The highest BCUT2D eigenvalue weighted by atomic mass is 16.3. The molecule has 11 heteroatoms. The summed E-state index contributed by atoms with van der Waals surface area (Å²) in [5.74, 6) is 5.32. The summed E-state index contributed by atoms with van der Waals surface area (Å²) >= 11 is 0. The average molecular weight is 729 g/mol. The fourth-order valence-electron chi connectivity index (χ4n) is 8.21. The van der Waals surface area contributed by atoms with E-state index in [-0.39, 0.29) is 47.5 Å². The van der Waals surface area contributed by atoms with Crippen molar-refractivity contribution in [2.75, 3.05) is 6.54 Å². The number of piperidine rings is 2. The molecule has 1 saturated carbocycles. The predicted molar refractivity (Wildman–Crippen MR) is 209 cm³/mol. The fourth-order valence-corrected chi connectivity index (χ4v) is 8.21. The molecule has 4 aromatic heterocycles. The summed E-state index contributed by atoms with van der Waals surface area (Å²) in [5.41, 5.74) is 8.09. The van der Waals surface area contributed by atoms with Gasteiger partial charge in [0.25, 0.3) is 5.91 Å². The molecule has 11 nitrogen and oxygen atoms in total. The van der Waals surface area contributed by atoms with Gasteiger partial charge in [-0.15, -0.1) is 0 Å². The summed E-state index contributed by atoms with van der Waals surface area (Å²) in [6.07, 6.45) is 6.09. The third-order valence-electron chi connectivity index (χ3n) is 11.3. The molecule has 3 aromatic carbocycles. The number of carbonyl (C=O) groups excluding carboxylic acids is 3. The highest BCUT2D eigenvalue weighted by Crippen LogP contribution is 2.53. The number of aryl methyl sites for hydroxylation is 2. The first-order valence-corrected chi connectivity index (χ1v) is 18.2. The van der Waals surface area contributed by atoms with E-state index in [0.717, 1.165) is 60.7 Å². The predicted octanol–water partition coefficient (Wildman–Crippen LogP) is 6.11. The van der Waals surface area contributed by atoms with Gasteiger partial charge in [-0.3, -0.25) is 38.8 Å². The molecule has 272 valence electrons. The van der Waals surface area contributed by atoms with Gasteiger partial charge >= 0.3 is 5.69 Å². The lowest BCUT2D eigenvalue weighted by molar-refractivity contribution is -0.151. The van der Waals surface area contributed by atoms with Crippen molar-refractivity contribution in [1.29, 1.82) is 0 Å². The van der Waals surface area contributed by atoms with Gasteiger partial charge in [-0.25, -0.2) is 4.79 Å². The Labute approximate surface area is 315 Å². The highest BCUT2D eigenvalue weighted by molar-refractivity contribution is 6.09. The Bertz CT molecular complexity index is 2900. The fraction of sp³-hybridized carbons (Fsp3) is 0.227. The van der Waals surface area contributed by atoms with Crippen LogP contribution in [0.25, 0.3) is 55.2 Å². The number of imide groups is 1. The Morgan fingerprint density at radius 1 is 0.964 bits per heavy atom. The lowest BCUT2D eigenvalue weighted by Gasteiger charge is -2.49. The van der Waals surface area contributed by atoms with Crippen LogP contribution in [-0.2, 0) is 29.1 Å². The minimum absolute atomic E-state index is 0.0517. The number of fused-ring (bicyclic) bond motifs is 5. The summed E-state index contributed by atoms with van der Waals surface area (Å²) in [4.78, 5) is 59.7. The van der Waals surface area contributed by atoms with Gasteiger partial charge in [0, 0.05) is 59.9 Å². The number of hydrogen-bond donors (Lipinski definition) is 2. The van der Waals surface area contributed by atoms with Crippen LogP contribution in [0.5, 0.6) is 0 Å². The topological polar surface area (TPSA) is 141 Å². The van der Waals surface area contributed by atoms with E-state index in [1.54, 1.807) is 27.7 Å². The first-order valence-electron chi connectivity index (χ1n) is 18.2. The maximum Gasteiger partial charge on any atom is 0.328 e. The SMILES string of the molecule is CC(C)c1cc(-c2cccc3cc(-c4ccc(C(=O)NCC#Cc5ccc6occ(C78CC(C7)C(=O)NC8=O)c6c5)nc4)ncc23)cc2c1n(C)c(=O)n2C. The van der Waals surface area contributed by atoms with Crippen LogP contribution >= 0.6 is 0 Å². The van der Waals surface area contributed by atoms with Gasteiger partial charge in [0.1, 0.15) is 11.3 Å². The molecule has 2 N–H and O–H groups in total. The molecule has 55 heavy (non-hydrogen) atoms. The maximum absolute atomic E-state index is 12.9. The number of benzene rings is 3. The summed E-state index contributed by atoms with van der Waals surface area (Å²) in [6, 6.07) is 21.4. The second kappa shape index (κ2) is 12.7. The van der Waals surface area contributed by atoms with Crippen molar-refractivity contribution in [3.8, 4) is 34.2 Å². The van der Waals surface area contributed by atoms with Gasteiger partial charge in [0.15, 0.2) is 0 Å². The second-order valence-electron chi connectivity index (χ2n) is 14.9. The van der Waals surface area contributed by atoms with Gasteiger partial charge < -0.3 is 9.73 Å². The van der Waals surface area contributed by atoms with E-state index < -0.39 is 5.41 Å². The number of imidazole rings is 1. The molecule has 2 aliphatic heterocycles. The van der Waals surface area contributed by atoms with Crippen LogP contribution in [0.15, 0.2) is 94.6 Å².